The summed E-state index contributed by atoms with van der Waals surface area (Å²) < 4.78 is 0. The lowest BCUT2D eigenvalue weighted by molar-refractivity contribution is 0.341. The molecule has 0 spiro atoms. The van der Waals surface area contributed by atoms with Gasteiger partial charge < -0.3 is 5.11 Å². The summed E-state index contributed by atoms with van der Waals surface area (Å²) in [7, 11) is 0. The summed E-state index contributed by atoms with van der Waals surface area (Å²) in [5.74, 6) is 0. The number of hydrogen-bond donors (Lipinski definition) is 1. The number of benzene rings is 1. The fourth-order valence-electron chi connectivity index (χ4n) is 1.91. The third-order valence-electron chi connectivity index (χ3n) is 2.63. The number of hydrogen-bond acceptors (Lipinski definition) is 1. The highest BCUT2D eigenvalue weighted by atomic mass is 16.2. The van der Waals surface area contributed by atoms with E-state index in [0.29, 0.717) is 0 Å². The van der Waals surface area contributed by atoms with Crippen LogP contribution in [0.4, 0.5) is 0 Å². The van der Waals surface area contributed by atoms with E-state index in [0.717, 1.165) is 19.3 Å². The molecule has 1 aromatic rings. The predicted octanol–water partition coefficient (Wildman–Crippen LogP) is 2.09. The molecule has 0 aromatic heterocycles. The molecule has 1 aliphatic carbocycles. The van der Waals surface area contributed by atoms with Gasteiger partial charge in [0, 0.05) is 0 Å². The smallest absolute Gasteiger partial charge is 0.0615 e. The lowest BCUT2D eigenvalue weighted by Crippen LogP contribution is -2.05. The molecule has 0 aliphatic heterocycles. The van der Waals surface area contributed by atoms with Crippen molar-refractivity contribution in [1.82, 2.24) is 0 Å². The van der Waals surface area contributed by atoms with Crippen molar-refractivity contribution in [2.75, 3.05) is 6.61 Å². The van der Waals surface area contributed by atoms with Crippen molar-refractivity contribution in [1.29, 1.82) is 0 Å². The Morgan fingerprint density at radius 2 is 1.92 bits per heavy atom. The van der Waals surface area contributed by atoms with Crippen LogP contribution in [-0.2, 0) is 12.8 Å². The van der Waals surface area contributed by atoms with E-state index in [1.165, 1.54) is 16.7 Å². The number of fused-ring (bicyclic) bond motifs is 1. The van der Waals surface area contributed by atoms with E-state index in [4.69, 9.17) is 5.11 Å². The summed E-state index contributed by atoms with van der Waals surface area (Å²) in [5, 5.41) is 8.79. The van der Waals surface area contributed by atoms with Crippen molar-refractivity contribution in [3.63, 3.8) is 0 Å². The molecule has 1 aromatic carbocycles. The molecular formula is C12H14O. The van der Waals surface area contributed by atoms with E-state index in [9.17, 15) is 0 Å². The zero-order valence-electron chi connectivity index (χ0n) is 7.66. The molecule has 0 saturated carbocycles. The highest BCUT2D eigenvalue weighted by molar-refractivity contribution is 5.35. The van der Waals surface area contributed by atoms with Crippen LogP contribution in [0.1, 0.15) is 17.5 Å². The maximum Gasteiger partial charge on any atom is 0.0615 e. The van der Waals surface area contributed by atoms with Crippen molar-refractivity contribution < 1.29 is 5.11 Å². The minimum Gasteiger partial charge on any atom is -0.392 e. The van der Waals surface area contributed by atoms with Gasteiger partial charge in [0.15, 0.2) is 0 Å². The van der Waals surface area contributed by atoms with E-state index < -0.39 is 0 Å². The van der Waals surface area contributed by atoms with Crippen molar-refractivity contribution in [2.45, 2.75) is 19.3 Å². The SMILES string of the molecule is OC/C=C1\CCc2ccccc2C1. The Balaban J connectivity index is 2.24. The molecule has 68 valence electrons. The van der Waals surface area contributed by atoms with E-state index in [1.54, 1.807) is 0 Å². The normalized spacial score (nSPS) is 18.7. The summed E-state index contributed by atoms with van der Waals surface area (Å²) >= 11 is 0. The van der Waals surface area contributed by atoms with Gasteiger partial charge in [-0.25, -0.2) is 0 Å². The largest absolute Gasteiger partial charge is 0.392 e. The Hall–Kier alpha value is -1.08. The predicted molar refractivity (Wildman–Crippen MR) is 53.6 cm³/mol. The van der Waals surface area contributed by atoms with Crippen LogP contribution in [0.25, 0.3) is 0 Å². The van der Waals surface area contributed by atoms with Gasteiger partial charge in [-0.2, -0.15) is 0 Å². The Kier molecular flexibility index (Phi) is 2.46. The van der Waals surface area contributed by atoms with Gasteiger partial charge in [0.2, 0.25) is 0 Å². The summed E-state index contributed by atoms with van der Waals surface area (Å²) in [6.07, 6.45) is 5.20. The first kappa shape index (κ1) is 8.52. The van der Waals surface area contributed by atoms with Crippen LogP contribution < -0.4 is 0 Å². The number of rotatable bonds is 1. The fraction of sp³-hybridized carbons (Fsp3) is 0.333. The molecule has 0 amide bonds. The van der Waals surface area contributed by atoms with E-state index in [1.807, 2.05) is 6.08 Å². The Bertz CT molecular complexity index is 326. The Morgan fingerprint density at radius 1 is 1.15 bits per heavy atom. The first-order valence-electron chi connectivity index (χ1n) is 4.75. The standard InChI is InChI=1S/C12H14O/c13-8-7-10-5-6-11-3-1-2-4-12(11)9-10/h1-4,7,13H,5-6,8-9H2/b10-7+. The quantitative estimate of drug-likeness (QED) is 0.646. The maximum absolute atomic E-state index is 8.79. The summed E-state index contributed by atoms with van der Waals surface area (Å²) in [6, 6.07) is 8.56. The second kappa shape index (κ2) is 3.75. The van der Waals surface area contributed by atoms with Crippen molar-refractivity contribution >= 4 is 0 Å². The minimum atomic E-state index is 0.178. The van der Waals surface area contributed by atoms with Crippen LogP contribution in [0.15, 0.2) is 35.9 Å². The van der Waals surface area contributed by atoms with Gasteiger partial charge in [0.05, 0.1) is 6.61 Å². The third-order valence-corrected chi connectivity index (χ3v) is 2.63. The van der Waals surface area contributed by atoms with E-state index in [-0.39, 0.29) is 6.61 Å². The van der Waals surface area contributed by atoms with Gasteiger partial charge >= 0.3 is 0 Å². The highest BCUT2D eigenvalue weighted by Gasteiger charge is 2.10. The van der Waals surface area contributed by atoms with Crippen LogP contribution in [0.3, 0.4) is 0 Å². The number of allylic oxidation sites excluding steroid dienone is 1. The van der Waals surface area contributed by atoms with E-state index in [2.05, 4.69) is 24.3 Å². The Labute approximate surface area is 78.7 Å². The first-order valence-corrected chi connectivity index (χ1v) is 4.75. The average Bonchev–Trinajstić information content (AvgIpc) is 2.18. The molecule has 1 nitrogen and oxygen atoms in total. The lowest BCUT2D eigenvalue weighted by Gasteiger charge is -2.17. The molecule has 0 bridgehead atoms. The molecule has 1 heteroatoms. The topological polar surface area (TPSA) is 20.2 Å². The van der Waals surface area contributed by atoms with Gasteiger partial charge in [-0.15, -0.1) is 0 Å². The maximum atomic E-state index is 8.79. The first-order chi connectivity index (χ1) is 6.40. The molecule has 0 radical (unpaired) electrons. The Morgan fingerprint density at radius 3 is 2.69 bits per heavy atom. The molecule has 1 aliphatic rings. The molecule has 13 heavy (non-hydrogen) atoms. The molecule has 1 N–H and O–H groups in total. The number of aliphatic hydroxyl groups excluding tert-OH is 1. The minimum absolute atomic E-state index is 0.178. The fourth-order valence-corrected chi connectivity index (χ4v) is 1.91. The molecule has 0 unspecified atom stereocenters. The zero-order chi connectivity index (χ0) is 9.10. The number of aryl methyl sites for hydroxylation is 1. The monoisotopic (exact) mass is 174 g/mol. The van der Waals surface area contributed by atoms with Crippen molar-refractivity contribution in [2.24, 2.45) is 0 Å². The van der Waals surface area contributed by atoms with Crippen LogP contribution >= 0.6 is 0 Å². The third kappa shape index (κ3) is 1.81. The van der Waals surface area contributed by atoms with Crippen LogP contribution in [0.5, 0.6) is 0 Å². The molecule has 2 rings (SSSR count). The van der Waals surface area contributed by atoms with Crippen molar-refractivity contribution in [3.05, 3.63) is 47.0 Å². The second-order valence-corrected chi connectivity index (χ2v) is 3.49. The van der Waals surface area contributed by atoms with Crippen molar-refractivity contribution in [3.8, 4) is 0 Å². The summed E-state index contributed by atoms with van der Waals surface area (Å²) in [6.45, 7) is 0.178. The highest BCUT2D eigenvalue weighted by Crippen LogP contribution is 2.24. The molecule has 0 saturated heterocycles. The van der Waals surface area contributed by atoms with Gasteiger partial charge in [-0.05, 0) is 30.4 Å². The summed E-state index contributed by atoms with van der Waals surface area (Å²) in [5.41, 5.74) is 4.27. The summed E-state index contributed by atoms with van der Waals surface area (Å²) in [4.78, 5) is 0. The van der Waals surface area contributed by atoms with Crippen LogP contribution in [0.2, 0.25) is 0 Å². The van der Waals surface area contributed by atoms with Gasteiger partial charge in [0.1, 0.15) is 0 Å². The van der Waals surface area contributed by atoms with Gasteiger partial charge in [-0.1, -0.05) is 35.9 Å². The molecular weight excluding hydrogens is 160 g/mol. The molecule has 0 heterocycles. The molecule has 0 atom stereocenters. The van der Waals surface area contributed by atoms with Crippen LogP contribution in [0, 0.1) is 0 Å². The van der Waals surface area contributed by atoms with E-state index >= 15 is 0 Å². The van der Waals surface area contributed by atoms with Gasteiger partial charge in [-0.3, -0.25) is 0 Å². The second-order valence-electron chi connectivity index (χ2n) is 3.49. The lowest BCUT2D eigenvalue weighted by atomic mass is 9.88. The van der Waals surface area contributed by atoms with Crippen LogP contribution in [-0.4, -0.2) is 11.7 Å². The molecule has 0 fully saturated rings. The zero-order valence-corrected chi connectivity index (χ0v) is 7.66. The average molecular weight is 174 g/mol. The number of aliphatic hydroxyl groups is 1. The van der Waals surface area contributed by atoms with Gasteiger partial charge in [0.25, 0.3) is 0 Å².